The van der Waals surface area contributed by atoms with E-state index in [-0.39, 0.29) is 6.61 Å². The van der Waals surface area contributed by atoms with Crippen molar-refractivity contribution in [3.8, 4) is 0 Å². The van der Waals surface area contributed by atoms with Gasteiger partial charge in [0.15, 0.2) is 0 Å². The van der Waals surface area contributed by atoms with Crippen LogP contribution in [0.4, 0.5) is 4.79 Å². The van der Waals surface area contributed by atoms with Gasteiger partial charge in [-0.05, 0) is 44.1 Å². The minimum Gasteiger partial charge on any atom is -0.550 e. The molecule has 0 aliphatic heterocycles. The lowest BCUT2D eigenvalue weighted by molar-refractivity contribution is -0.282. The number of oxime groups is 1. The van der Waals surface area contributed by atoms with Crippen LogP contribution in [0, 0.1) is 0 Å². The first-order valence-electron chi connectivity index (χ1n) is 6.75. The number of carbonyl (C=O) groups excluding carboxylic acids is 1. The molecule has 5 heteroatoms. The third kappa shape index (κ3) is 5.73. The topological polar surface area (TPSA) is 82.0 Å². The fourth-order valence-corrected chi connectivity index (χ4v) is 2.23. The average molecular weight is 278 g/mol. The van der Waals surface area contributed by atoms with Crippen LogP contribution in [0.3, 0.4) is 0 Å². The summed E-state index contributed by atoms with van der Waals surface area (Å²) < 4.78 is 3.85. The molecule has 5 nitrogen and oxygen atoms in total. The van der Waals surface area contributed by atoms with E-state index in [0.717, 1.165) is 31.4 Å². The van der Waals surface area contributed by atoms with Gasteiger partial charge in [-0.15, -0.1) is 0 Å². The zero-order chi connectivity index (χ0) is 14.8. The van der Waals surface area contributed by atoms with E-state index in [0.29, 0.717) is 5.92 Å². The van der Waals surface area contributed by atoms with Gasteiger partial charge in [-0.1, -0.05) is 35.5 Å². The summed E-state index contributed by atoms with van der Waals surface area (Å²) in [7, 11) is 0. The Balaban J connectivity index is 0.000000286. The zero-order valence-corrected chi connectivity index (χ0v) is 11.6. The van der Waals surface area contributed by atoms with E-state index in [9.17, 15) is 9.90 Å². The van der Waals surface area contributed by atoms with Gasteiger partial charge in [0, 0.05) is 6.61 Å². The fraction of sp³-hybridized carbons (Fsp3) is 0.467. The molecule has 0 saturated heterocycles. The van der Waals surface area contributed by atoms with Crippen LogP contribution in [0.1, 0.15) is 44.1 Å². The highest BCUT2D eigenvalue weighted by Crippen LogP contribution is 2.31. The number of carbonyl (C=O) groups is 1. The summed E-state index contributed by atoms with van der Waals surface area (Å²) in [5.41, 5.74) is 2.38. The largest absolute Gasteiger partial charge is 0.550 e. The Morgan fingerprint density at radius 3 is 2.35 bits per heavy atom. The molecular weight excluding hydrogens is 258 g/mol. The summed E-state index contributed by atoms with van der Waals surface area (Å²) in [6.45, 7) is 1.75. The normalized spacial score (nSPS) is 17.6. The molecular formula is C15H20NO4-. The monoisotopic (exact) mass is 278 g/mol. The Bertz CT molecular complexity index is 421. The molecule has 1 saturated carbocycles. The highest BCUT2D eigenvalue weighted by Gasteiger charge is 2.18. The van der Waals surface area contributed by atoms with Crippen LogP contribution in [0.25, 0.3) is 0 Å². The van der Waals surface area contributed by atoms with E-state index in [2.05, 4.69) is 34.2 Å². The summed E-state index contributed by atoms with van der Waals surface area (Å²) in [6, 6.07) is 10.6. The standard InChI is InChI=1S/C12H15NO.C3H6O3/c14-13-12-8-6-11(7-9-12)10-4-2-1-3-5-10;1-2-6-3(4)5/h1-5,11,14H,6-9H2;2H2,1H3,(H,4,5)/p-1. The molecule has 1 aromatic carbocycles. The highest BCUT2D eigenvalue weighted by atomic mass is 16.7. The molecule has 0 bridgehead atoms. The Morgan fingerprint density at radius 2 is 1.95 bits per heavy atom. The SMILES string of the molecule is CCOC(=O)[O-].ON=C1CCC(c2ccccc2)CC1. The van der Waals surface area contributed by atoms with Gasteiger partial charge in [0.1, 0.15) is 0 Å². The van der Waals surface area contributed by atoms with Crippen LogP contribution in [0.15, 0.2) is 35.5 Å². The van der Waals surface area contributed by atoms with Gasteiger partial charge < -0.3 is 19.8 Å². The number of carboxylic acid groups (broad SMARTS) is 1. The van der Waals surface area contributed by atoms with Crippen molar-refractivity contribution < 1.29 is 19.8 Å². The molecule has 1 N–H and O–H groups in total. The Labute approximate surface area is 118 Å². The van der Waals surface area contributed by atoms with Crippen molar-refractivity contribution in [2.45, 2.75) is 38.5 Å². The van der Waals surface area contributed by atoms with Crippen LogP contribution in [0.2, 0.25) is 0 Å². The number of rotatable bonds is 2. The van der Waals surface area contributed by atoms with E-state index in [1.807, 2.05) is 6.07 Å². The molecule has 1 aliphatic rings. The highest BCUT2D eigenvalue weighted by molar-refractivity contribution is 5.84. The maximum absolute atomic E-state index is 9.27. The molecule has 0 spiro atoms. The van der Waals surface area contributed by atoms with Gasteiger partial charge in [0.2, 0.25) is 0 Å². The van der Waals surface area contributed by atoms with E-state index in [1.165, 1.54) is 5.56 Å². The molecule has 110 valence electrons. The van der Waals surface area contributed by atoms with E-state index in [4.69, 9.17) is 5.21 Å². The third-order valence-electron chi connectivity index (χ3n) is 3.24. The lowest BCUT2D eigenvalue weighted by Gasteiger charge is -2.22. The molecule has 1 aliphatic carbocycles. The molecule has 2 rings (SSSR count). The predicted molar refractivity (Wildman–Crippen MR) is 73.9 cm³/mol. The van der Waals surface area contributed by atoms with Crippen molar-refractivity contribution >= 4 is 11.9 Å². The molecule has 0 aromatic heterocycles. The summed E-state index contributed by atoms with van der Waals surface area (Å²) in [6.07, 6.45) is 2.65. The number of benzene rings is 1. The van der Waals surface area contributed by atoms with Crippen molar-refractivity contribution in [2.75, 3.05) is 6.61 Å². The molecule has 0 radical (unpaired) electrons. The van der Waals surface area contributed by atoms with Crippen LogP contribution in [-0.2, 0) is 4.74 Å². The Kier molecular flexibility index (Phi) is 7.17. The lowest BCUT2D eigenvalue weighted by Crippen LogP contribution is -2.23. The quantitative estimate of drug-likeness (QED) is 0.512. The van der Waals surface area contributed by atoms with Crippen LogP contribution in [0.5, 0.6) is 0 Å². The van der Waals surface area contributed by atoms with E-state index < -0.39 is 6.16 Å². The summed E-state index contributed by atoms with van der Waals surface area (Å²) in [5, 5.41) is 21.2. The minimum atomic E-state index is -1.46. The van der Waals surface area contributed by atoms with Crippen LogP contribution < -0.4 is 5.11 Å². The average Bonchev–Trinajstić information content (AvgIpc) is 2.49. The van der Waals surface area contributed by atoms with Gasteiger partial charge in [-0.3, -0.25) is 0 Å². The Hall–Kier alpha value is -2.04. The van der Waals surface area contributed by atoms with Gasteiger partial charge in [0.05, 0.1) is 5.71 Å². The fourth-order valence-electron chi connectivity index (χ4n) is 2.23. The van der Waals surface area contributed by atoms with Crippen molar-refractivity contribution in [1.29, 1.82) is 0 Å². The summed E-state index contributed by atoms with van der Waals surface area (Å²) in [5.74, 6) is 0.654. The maximum atomic E-state index is 9.27. The van der Waals surface area contributed by atoms with Gasteiger partial charge >= 0.3 is 0 Å². The molecule has 0 atom stereocenters. The van der Waals surface area contributed by atoms with Crippen LogP contribution >= 0.6 is 0 Å². The van der Waals surface area contributed by atoms with E-state index >= 15 is 0 Å². The third-order valence-corrected chi connectivity index (χ3v) is 3.24. The molecule has 0 amide bonds. The van der Waals surface area contributed by atoms with Gasteiger partial charge in [0.25, 0.3) is 6.16 Å². The van der Waals surface area contributed by atoms with Crippen molar-refractivity contribution in [2.24, 2.45) is 5.16 Å². The number of hydrogen-bond donors (Lipinski definition) is 1. The maximum Gasteiger partial charge on any atom is 0.251 e. The molecule has 0 unspecified atom stereocenters. The zero-order valence-electron chi connectivity index (χ0n) is 11.6. The van der Waals surface area contributed by atoms with E-state index in [1.54, 1.807) is 6.92 Å². The van der Waals surface area contributed by atoms with Gasteiger partial charge in [-0.2, -0.15) is 0 Å². The first-order valence-corrected chi connectivity index (χ1v) is 6.75. The van der Waals surface area contributed by atoms with Gasteiger partial charge in [-0.25, -0.2) is 0 Å². The number of ether oxygens (including phenoxy) is 1. The first kappa shape index (κ1) is 16.0. The predicted octanol–water partition coefficient (Wildman–Crippen LogP) is 2.54. The minimum absolute atomic E-state index is 0.169. The molecule has 20 heavy (non-hydrogen) atoms. The molecule has 0 heterocycles. The van der Waals surface area contributed by atoms with Crippen molar-refractivity contribution in [3.63, 3.8) is 0 Å². The molecule has 1 fully saturated rings. The first-order chi connectivity index (χ1) is 9.67. The van der Waals surface area contributed by atoms with Crippen molar-refractivity contribution in [3.05, 3.63) is 35.9 Å². The summed E-state index contributed by atoms with van der Waals surface area (Å²) >= 11 is 0. The second-order valence-electron chi connectivity index (χ2n) is 4.53. The summed E-state index contributed by atoms with van der Waals surface area (Å²) in [4.78, 5) is 9.27. The second kappa shape index (κ2) is 8.96. The van der Waals surface area contributed by atoms with Crippen molar-refractivity contribution in [1.82, 2.24) is 0 Å². The Morgan fingerprint density at radius 1 is 1.35 bits per heavy atom. The molecule has 1 aromatic rings. The second-order valence-corrected chi connectivity index (χ2v) is 4.53. The number of hydrogen-bond acceptors (Lipinski definition) is 5. The lowest BCUT2D eigenvalue weighted by atomic mass is 9.83. The van der Waals surface area contributed by atoms with Crippen LogP contribution in [-0.4, -0.2) is 23.7 Å². The smallest absolute Gasteiger partial charge is 0.251 e. The number of nitrogens with zero attached hydrogens (tertiary/aromatic N) is 1.